The first-order valence-electron chi connectivity index (χ1n) is 12.2. The Morgan fingerprint density at radius 2 is 2.02 bits per heavy atom. The van der Waals surface area contributed by atoms with E-state index >= 15 is 0 Å². The fourth-order valence-electron chi connectivity index (χ4n) is 4.01. The van der Waals surface area contributed by atoms with E-state index in [-0.39, 0.29) is 48.3 Å². The molecular weight excluding hydrogens is 546 g/mol. The molecule has 3 aromatic rings. The van der Waals surface area contributed by atoms with Gasteiger partial charge in [0.25, 0.3) is 5.69 Å². The summed E-state index contributed by atoms with van der Waals surface area (Å²) in [5, 5.41) is 42.0. The highest BCUT2D eigenvalue weighted by atomic mass is 16.6. The van der Waals surface area contributed by atoms with Crippen LogP contribution in [0.15, 0.2) is 30.6 Å². The van der Waals surface area contributed by atoms with Gasteiger partial charge in [-0.3, -0.25) is 24.8 Å². The van der Waals surface area contributed by atoms with Crippen LogP contribution in [0.1, 0.15) is 25.1 Å². The molecule has 1 amide bonds. The smallest absolute Gasteiger partial charge is 0.414 e. The molecule has 41 heavy (non-hydrogen) atoms. The molecule has 216 valence electrons. The average Bonchev–Trinajstić information content (AvgIpc) is 3.49. The maximum Gasteiger partial charge on any atom is 0.414 e. The third-order valence-corrected chi connectivity index (χ3v) is 5.90. The van der Waals surface area contributed by atoms with Crippen molar-refractivity contribution >= 4 is 34.9 Å². The van der Waals surface area contributed by atoms with Gasteiger partial charge in [-0.2, -0.15) is 15.2 Å². The number of anilines is 1. The summed E-state index contributed by atoms with van der Waals surface area (Å²) in [6.45, 7) is 0.488. The number of non-ortho nitro benzene ring substituents is 1. The highest BCUT2D eigenvalue weighted by Crippen LogP contribution is 2.35. The number of carbonyl (C=O) groups is 2. The molecule has 4 rings (SSSR count). The lowest BCUT2D eigenvalue weighted by Gasteiger charge is -2.21. The van der Waals surface area contributed by atoms with Crippen LogP contribution in [0.2, 0.25) is 0 Å². The minimum atomic E-state index is -1.36. The number of benzene rings is 1. The van der Waals surface area contributed by atoms with Gasteiger partial charge < -0.3 is 29.2 Å². The zero-order valence-corrected chi connectivity index (χ0v) is 21.6. The molecular formula is C24H25N7O10. The molecule has 3 heterocycles. The number of nitrogens with one attached hydrogen (secondary N) is 1. The summed E-state index contributed by atoms with van der Waals surface area (Å²) in [7, 11) is 0. The van der Waals surface area contributed by atoms with Crippen LogP contribution in [-0.2, 0) is 25.4 Å². The first-order chi connectivity index (χ1) is 19.7. The van der Waals surface area contributed by atoms with Gasteiger partial charge in [0.15, 0.2) is 23.5 Å². The van der Waals surface area contributed by atoms with Gasteiger partial charge >= 0.3 is 12.1 Å². The molecule has 2 aromatic heterocycles. The summed E-state index contributed by atoms with van der Waals surface area (Å²) >= 11 is 0. The van der Waals surface area contributed by atoms with Crippen LogP contribution >= 0.6 is 0 Å². The van der Waals surface area contributed by atoms with Crippen molar-refractivity contribution in [2.45, 2.75) is 44.3 Å². The standard InChI is InChI=1S/C24H25N7O10/c1-13(33)40-19-18(34)16(11-32)41-22(19)30-12-26-17-20(30)27-23(29-24(35)39-9-2-8-25)28-21(17)38-10-7-14-3-5-15(6-4-14)31(36)37/h3-6,12,16,18-19,22,32,34H,2,7,9-11H2,1H3,(H,27,28,29,35)/t16-,18-,19-,22-/m1/s1. The lowest BCUT2D eigenvalue weighted by molar-refractivity contribution is -0.384. The van der Waals surface area contributed by atoms with Crippen LogP contribution < -0.4 is 10.1 Å². The Labute approximate surface area is 231 Å². The maximum absolute atomic E-state index is 12.2. The number of nitro groups is 1. The fraction of sp³-hybridized carbons (Fsp3) is 0.417. The maximum atomic E-state index is 12.2. The predicted octanol–water partition coefficient (Wildman–Crippen LogP) is 1.00. The molecule has 17 nitrogen and oxygen atoms in total. The number of nitro benzene ring substituents is 1. The summed E-state index contributed by atoms with van der Waals surface area (Å²) in [5.41, 5.74) is 0.887. The van der Waals surface area contributed by atoms with Crippen LogP contribution in [0.4, 0.5) is 16.4 Å². The van der Waals surface area contributed by atoms with Crippen LogP contribution in [0, 0.1) is 21.4 Å². The second-order valence-corrected chi connectivity index (χ2v) is 8.68. The van der Waals surface area contributed by atoms with E-state index < -0.39 is 48.1 Å². The second kappa shape index (κ2) is 13.0. The molecule has 3 N–H and O–H groups in total. The highest BCUT2D eigenvalue weighted by Gasteiger charge is 2.47. The summed E-state index contributed by atoms with van der Waals surface area (Å²) in [6, 6.07) is 7.76. The highest BCUT2D eigenvalue weighted by molar-refractivity contribution is 5.85. The zero-order valence-electron chi connectivity index (χ0n) is 21.6. The molecule has 0 saturated carbocycles. The Kier molecular flexibility index (Phi) is 9.19. The van der Waals surface area contributed by atoms with E-state index in [2.05, 4.69) is 20.3 Å². The largest absolute Gasteiger partial charge is 0.476 e. The van der Waals surface area contributed by atoms with Crippen LogP contribution in [0.3, 0.4) is 0 Å². The van der Waals surface area contributed by atoms with Crippen molar-refractivity contribution in [2.24, 2.45) is 0 Å². The third kappa shape index (κ3) is 6.81. The first kappa shape index (κ1) is 29.1. The topological polar surface area (TPSA) is 234 Å². The molecule has 17 heteroatoms. The van der Waals surface area contributed by atoms with Crippen molar-refractivity contribution in [3.05, 3.63) is 46.3 Å². The van der Waals surface area contributed by atoms with E-state index in [0.717, 1.165) is 12.5 Å². The monoisotopic (exact) mass is 571 g/mol. The van der Waals surface area contributed by atoms with Gasteiger partial charge in [0, 0.05) is 25.5 Å². The summed E-state index contributed by atoms with van der Waals surface area (Å²) in [6.07, 6.45) is -4.16. The molecule has 1 aliphatic rings. The molecule has 1 aromatic carbocycles. The summed E-state index contributed by atoms with van der Waals surface area (Å²) < 4.78 is 23.1. The van der Waals surface area contributed by atoms with Crippen molar-refractivity contribution in [2.75, 3.05) is 25.1 Å². The Morgan fingerprint density at radius 1 is 1.27 bits per heavy atom. The number of rotatable bonds is 11. The van der Waals surface area contributed by atoms with E-state index in [1.807, 2.05) is 6.07 Å². The molecule has 0 unspecified atom stereocenters. The van der Waals surface area contributed by atoms with E-state index in [4.69, 9.17) is 24.2 Å². The molecule has 4 atom stereocenters. The predicted molar refractivity (Wildman–Crippen MR) is 135 cm³/mol. The first-order valence-corrected chi connectivity index (χ1v) is 12.2. The van der Waals surface area contributed by atoms with E-state index in [1.165, 1.54) is 23.0 Å². The van der Waals surface area contributed by atoms with Crippen molar-refractivity contribution in [1.29, 1.82) is 5.26 Å². The van der Waals surface area contributed by atoms with Gasteiger partial charge in [0.2, 0.25) is 11.8 Å². The Balaban J connectivity index is 1.64. The van der Waals surface area contributed by atoms with Gasteiger partial charge in [-0.05, 0) is 5.56 Å². The number of imidazole rings is 1. The van der Waals surface area contributed by atoms with Gasteiger partial charge in [-0.15, -0.1) is 0 Å². The second-order valence-electron chi connectivity index (χ2n) is 8.68. The van der Waals surface area contributed by atoms with Crippen LogP contribution in [0.5, 0.6) is 5.88 Å². The number of aliphatic hydroxyl groups is 2. The van der Waals surface area contributed by atoms with E-state index in [0.29, 0.717) is 6.42 Å². The third-order valence-electron chi connectivity index (χ3n) is 5.90. The van der Waals surface area contributed by atoms with Gasteiger partial charge in [-0.1, -0.05) is 12.1 Å². The van der Waals surface area contributed by atoms with Gasteiger partial charge in [0.05, 0.1) is 37.0 Å². The fourth-order valence-corrected chi connectivity index (χ4v) is 4.01. The number of fused-ring (bicyclic) bond motifs is 1. The number of hydrogen-bond donors (Lipinski definition) is 3. The van der Waals surface area contributed by atoms with Crippen molar-refractivity contribution in [1.82, 2.24) is 19.5 Å². The number of aromatic nitrogens is 4. The number of hydrogen-bond acceptors (Lipinski definition) is 14. The molecule has 1 fully saturated rings. The summed E-state index contributed by atoms with van der Waals surface area (Å²) in [5.74, 6) is -1.00. The zero-order chi connectivity index (χ0) is 29.5. The molecule has 0 radical (unpaired) electrons. The van der Waals surface area contributed by atoms with Crippen LogP contribution in [0.25, 0.3) is 11.2 Å². The quantitative estimate of drug-likeness (QED) is 0.126. The number of esters is 1. The van der Waals surface area contributed by atoms with E-state index in [1.54, 1.807) is 12.1 Å². The lowest BCUT2D eigenvalue weighted by Crippen LogP contribution is -2.36. The van der Waals surface area contributed by atoms with Crippen molar-refractivity contribution in [3.63, 3.8) is 0 Å². The molecule has 0 aliphatic carbocycles. The molecule has 0 spiro atoms. The minimum absolute atomic E-state index is 0.0258. The number of nitriles is 1. The number of carbonyl (C=O) groups excluding carboxylic acids is 2. The summed E-state index contributed by atoms with van der Waals surface area (Å²) in [4.78, 5) is 47.1. The van der Waals surface area contributed by atoms with Gasteiger partial charge in [-0.25, -0.2) is 9.78 Å². The lowest BCUT2D eigenvalue weighted by atomic mass is 10.1. The SMILES string of the molecule is CC(=O)O[C@@H]1[C@H](O)[C@@H](CO)O[C@H]1n1cnc2c(OCCc3ccc([N+](=O)[O-])cc3)nc(NC(=O)OCCC#N)nc21. The Hall–Kier alpha value is -4.92. The van der Waals surface area contributed by atoms with Crippen molar-refractivity contribution in [3.8, 4) is 11.9 Å². The minimum Gasteiger partial charge on any atom is -0.476 e. The molecule has 1 aliphatic heterocycles. The van der Waals surface area contributed by atoms with Crippen molar-refractivity contribution < 1.29 is 43.7 Å². The molecule has 0 bridgehead atoms. The van der Waals surface area contributed by atoms with Crippen LogP contribution in [-0.4, -0.2) is 84.9 Å². The average molecular weight is 572 g/mol. The number of nitrogens with zero attached hydrogens (tertiary/aromatic N) is 6. The number of aliphatic hydroxyl groups excluding tert-OH is 2. The Morgan fingerprint density at radius 3 is 2.68 bits per heavy atom. The normalized spacial score (nSPS) is 19.9. The molecule has 1 saturated heterocycles. The van der Waals surface area contributed by atoms with E-state index in [9.17, 15) is 29.9 Å². The number of ether oxygens (including phenoxy) is 4. The number of amides is 1. The van der Waals surface area contributed by atoms with Gasteiger partial charge in [0.1, 0.15) is 18.8 Å². The Bertz CT molecular complexity index is 1460.